The van der Waals surface area contributed by atoms with E-state index in [0.717, 1.165) is 29.1 Å². The van der Waals surface area contributed by atoms with Gasteiger partial charge >= 0.3 is 0 Å². The first-order chi connectivity index (χ1) is 13.1. The second kappa shape index (κ2) is 7.76. The molecule has 0 amide bonds. The number of allylic oxidation sites excluding steroid dienone is 2. The average molecular weight is 444 g/mol. The van der Waals surface area contributed by atoms with Crippen molar-refractivity contribution in [3.8, 4) is 0 Å². The van der Waals surface area contributed by atoms with Crippen LogP contribution < -0.4 is 4.90 Å². The second-order valence-electron chi connectivity index (χ2n) is 5.76. The van der Waals surface area contributed by atoms with Crippen LogP contribution in [0.15, 0.2) is 57.6 Å². The van der Waals surface area contributed by atoms with Crippen LogP contribution in [0.1, 0.15) is 20.8 Å². The summed E-state index contributed by atoms with van der Waals surface area (Å²) >= 11 is 9.71. The number of hydrogen-bond donors (Lipinski definition) is 0. The lowest BCUT2D eigenvalue weighted by Gasteiger charge is -2.31. The maximum absolute atomic E-state index is 14.0. The first-order valence-corrected chi connectivity index (χ1v) is 8.87. The van der Waals surface area contributed by atoms with Gasteiger partial charge in [0.1, 0.15) is 28.6 Å². The van der Waals surface area contributed by atoms with E-state index in [0.29, 0.717) is 10.7 Å². The molecule has 136 valence electrons. The number of nitrogens with zero attached hydrogens (tertiary/aromatic N) is 2. The molecule has 0 aliphatic carbocycles. The Hall–Kier alpha value is -1.92. The van der Waals surface area contributed by atoms with Crippen molar-refractivity contribution >= 4 is 33.2 Å². The Bertz CT molecular complexity index is 998. The maximum Gasteiger partial charge on any atom is 0.137 e. The van der Waals surface area contributed by atoms with E-state index in [1.54, 1.807) is 12.3 Å². The fraction of sp³-hybridized carbons (Fsp3) is 0.211. The van der Waals surface area contributed by atoms with E-state index in [-0.39, 0.29) is 17.3 Å². The Kier molecular flexibility index (Phi) is 4.86. The number of ether oxygens (including phenoxy) is 1. The molecule has 0 saturated heterocycles. The lowest BCUT2D eigenvalue weighted by Crippen LogP contribution is -2.27. The monoisotopic (exact) mass is 442 g/mol. The van der Waals surface area contributed by atoms with Gasteiger partial charge in [-0.3, -0.25) is 0 Å². The molecule has 1 aromatic heterocycles. The molecule has 0 saturated carbocycles. The zero-order chi connectivity index (χ0) is 20.6. The molecular weight excluding hydrogens is 426 g/mol. The summed E-state index contributed by atoms with van der Waals surface area (Å²) in [7, 11) is 0. The third-order valence-corrected chi connectivity index (χ3v) is 4.60. The van der Waals surface area contributed by atoms with Crippen LogP contribution in [0.4, 0.5) is 14.5 Å². The van der Waals surface area contributed by atoms with E-state index in [9.17, 15) is 8.78 Å². The van der Waals surface area contributed by atoms with Gasteiger partial charge in [-0.1, -0.05) is 11.6 Å². The minimum absolute atomic E-state index is 0.0925. The molecule has 2 heterocycles. The lowest BCUT2D eigenvalue weighted by atomic mass is 10.1. The number of benzene rings is 1. The molecule has 26 heavy (non-hydrogen) atoms. The molecule has 0 fully saturated rings. The van der Waals surface area contributed by atoms with Gasteiger partial charge in [0.05, 0.1) is 14.3 Å². The molecule has 3 rings (SSSR count). The molecule has 1 aromatic carbocycles. The molecular formula is C19H16BrClF2N2O. The maximum atomic E-state index is 14.0. The number of hydrogen-bond acceptors (Lipinski definition) is 3. The molecule has 0 spiro atoms. The van der Waals surface area contributed by atoms with Crippen molar-refractivity contribution in [2.75, 3.05) is 11.4 Å². The summed E-state index contributed by atoms with van der Waals surface area (Å²) in [5.74, 6) is -1.73. The van der Waals surface area contributed by atoms with Crippen molar-refractivity contribution in [3.05, 3.63) is 80.4 Å². The Morgan fingerprint density at radius 3 is 2.85 bits per heavy atom. The fourth-order valence-electron chi connectivity index (χ4n) is 2.51. The van der Waals surface area contributed by atoms with Gasteiger partial charge in [-0.25, -0.2) is 13.8 Å². The molecule has 0 radical (unpaired) electrons. The molecule has 0 unspecified atom stereocenters. The van der Waals surface area contributed by atoms with Crippen LogP contribution in [0.2, 0.25) is 0 Å². The van der Waals surface area contributed by atoms with E-state index in [1.807, 2.05) is 24.8 Å². The molecule has 0 N–H and O–H groups in total. The van der Waals surface area contributed by atoms with Gasteiger partial charge in [0, 0.05) is 35.3 Å². The molecule has 0 atom stereocenters. The third kappa shape index (κ3) is 4.07. The largest absolute Gasteiger partial charge is 0.487 e. The molecule has 7 heteroatoms. The highest BCUT2D eigenvalue weighted by molar-refractivity contribution is 9.10. The van der Waals surface area contributed by atoms with Crippen LogP contribution in [-0.2, 0) is 11.3 Å². The van der Waals surface area contributed by atoms with Crippen molar-refractivity contribution in [2.24, 2.45) is 0 Å². The predicted molar refractivity (Wildman–Crippen MR) is 102 cm³/mol. The summed E-state index contributed by atoms with van der Waals surface area (Å²) in [4.78, 5) is 6.11. The summed E-state index contributed by atoms with van der Waals surface area (Å²) < 4.78 is 49.3. The van der Waals surface area contributed by atoms with Crippen LogP contribution in [0.5, 0.6) is 0 Å². The van der Waals surface area contributed by atoms with Crippen LogP contribution in [0, 0.1) is 18.6 Å². The Labute approximate surface area is 166 Å². The van der Waals surface area contributed by atoms with Gasteiger partial charge in [0.15, 0.2) is 0 Å². The predicted octanol–water partition coefficient (Wildman–Crippen LogP) is 5.82. The fourth-order valence-corrected chi connectivity index (χ4v) is 3.04. The molecule has 2 aromatic rings. The van der Waals surface area contributed by atoms with Gasteiger partial charge in [-0.2, -0.15) is 0 Å². The van der Waals surface area contributed by atoms with E-state index in [2.05, 4.69) is 20.9 Å². The van der Waals surface area contributed by atoms with Gasteiger partial charge in [-0.05, 0) is 53.5 Å². The quantitative estimate of drug-likeness (QED) is 0.557. The molecule has 1 aliphatic heterocycles. The number of pyridine rings is 1. The number of aryl methyl sites for hydroxylation is 1. The number of halogens is 4. The van der Waals surface area contributed by atoms with E-state index < -0.39 is 23.8 Å². The van der Waals surface area contributed by atoms with Crippen LogP contribution in [0.3, 0.4) is 0 Å². The van der Waals surface area contributed by atoms with Gasteiger partial charge in [-0.15, -0.1) is 0 Å². The SMILES string of the molecule is [2H]C([2H])(OC1=C(Cl)CN(c2cc(Br)ncc2C)C(C)=C1)c1ccc(F)cc1F. The van der Waals surface area contributed by atoms with Crippen LogP contribution >= 0.6 is 27.5 Å². The normalized spacial score (nSPS) is 16.2. The van der Waals surface area contributed by atoms with Crippen molar-refractivity contribution < 1.29 is 16.3 Å². The number of aromatic nitrogens is 1. The van der Waals surface area contributed by atoms with E-state index in [4.69, 9.17) is 19.1 Å². The average Bonchev–Trinajstić information content (AvgIpc) is 2.59. The Morgan fingerprint density at radius 2 is 2.12 bits per heavy atom. The van der Waals surface area contributed by atoms with Crippen molar-refractivity contribution in [1.82, 2.24) is 4.98 Å². The standard InChI is InChI=1S/C19H16BrClF2N2O/c1-11-8-24-19(20)7-17(11)25-9-15(21)18(5-12(25)2)26-10-13-3-4-14(22)6-16(13)23/h3-8H,9-10H2,1-2H3/i10D2. The van der Waals surface area contributed by atoms with Crippen LogP contribution in [0.25, 0.3) is 0 Å². The lowest BCUT2D eigenvalue weighted by molar-refractivity contribution is 0.204. The summed E-state index contributed by atoms with van der Waals surface area (Å²) in [6.07, 6.45) is 3.31. The zero-order valence-electron chi connectivity index (χ0n) is 16.0. The Balaban J connectivity index is 1.89. The zero-order valence-corrected chi connectivity index (χ0v) is 16.3. The van der Waals surface area contributed by atoms with Crippen LogP contribution in [-0.4, -0.2) is 11.5 Å². The number of anilines is 1. The second-order valence-corrected chi connectivity index (χ2v) is 7.03. The highest BCUT2D eigenvalue weighted by Gasteiger charge is 2.21. The first-order valence-electron chi connectivity index (χ1n) is 8.69. The minimum atomic E-state index is -2.53. The van der Waals surface area contributed by atoms with E-state index in [1.165, 1.54) is 0 Å². The highest BCUT2D eigenvalue weighted by Crippen LogP contribution is 2.32. The molecule has 1 aliphatic rings. The topological polar surface area (TPSA) is 25.4 Å². The summed E-state index contributed by atoms with van der Waals surface area (Å²) in [6, 6.07) is 4.46. The van der Waals surface area contributed by atoms with Crippen molar-refractivity contribution in [2.45, 2.75) is 20.4 Å². The minimum Gasteiger partial charge on any atom is -0.487 e. The van der Waals surface area contributed by atoms with Crippen molar-refractivity contribution in [1.29, 1.82) is 0 Å². The smallest absolute Gasteiger partial charge is 0.137 e. The summed E-state index contributed by atoms with van der Waals surface area (Å²) in [5.41, 5.74) is 2.18. The Morgan fingerprint density at radius 1 is 1.35 bits per heavy atom. The highest BCUT2D eigenvalue weighted by atomic mass is 79.9. The van der Waals surface area contributed by atoms with Crippen molar-refractivity contribution in [3.63, 3.8) is 0 Å². The molecule has 0 bridgehead atoms. The van der Waals surface area contributed by atoms with Gasteiger partial charge < -0.3 is 9.64 Å². The third-order valence-electron chi connectivity index (χ3n) is 3.86. The van der Waals surface area contributed by atoms with Gasteiger partial charge in [0.25, 0.3) is 0 Å². The summed E-state index contributed by atoms with van der Waals surface area (Å²) in [6.45, 7) is 1.47. The van der Waals surface area contributed by atoms with E-state index >= 15 is 0 Å². The summed E-state index contributed by atoms with van der Waals surface area (Å²) in [5, 5.41) is 0.254. The number of rotatable bonds is 4. The first kappa shape index (κ1) is 16.3. The van der Waals surface area contributed by atoms with Gasteiger partial charge in [0.2, 0.25) is 0 Å². The molecule has 3 nitrogen and oxygen atoms in total.